The van der Waals surface area contributed by atoms with Gasteiger partial charge in [-0.2, -0.15) is 5.21 Å². The van der Waals surface area contributed by atoms with Gasteiger partial charge in [-0.25, -0.2) is 14.6 Å². The average Bonchev–Trinajstić information content (AvgIpc) is 3.76. The fraction of sp³-hybridized carbons (Fsp3) is 0.419. The first-order valence-corrected chi connectivity index (χ1v) is 16.3. The van der Waals surface area contributed by atoms with Crippen molar-refractivity contribution in [1.29, 1.82) is 0 Å². The number of esters is 1. The van der Waals surface area contributed by atoms with Crippen molar-refractivity contribution in [3.05, 3.63) is 91.0 Å². The van der Waals surface area contributed by atoms with Gasteiger partial charge in [0.15, 0.2) is 10.8 Å². The number of hydrogen-bond acceptors (Lipinski definition) is 15. The minimum atomic E-state index is -1.15. The van der Waals surface area contributed by atoms with Gasteiger partial charge in [-0.05, 0) is 47.6 Å². The zero-order valence-corrected chi connectivity index (χ0v) is 28.2. The number of halogens is 1. The van der Waals surface area contributed by atoms with E-state index in [2.05, 4.69) is 35.3 Å². The molecule has 0 aliphatic heterocycles. The molecule has 1 N–H and O–H groups in total. The number of unbranched alkanes of at least 4 members (excludes halogenated alkanes) is 2. The zero-order valence-electron chi connectivity index (χ0n) is 27.5. The molecule has 0 saturated heterocycles. The summed E-state index contributed by atoms with van der Waals surface area (Å²) in [7, 11) is 0. The standard InChI is InChI=1S/C31H35ClN8O11/c1-2-3-11-26-33-28(32)27(30(41)47-17-18-49-31(42)48-16-7-6-8-23(51-40(45)46)20-50-39(43)44)38(26)19-21-12-14-22(15-13-21)24-9-4-5-10-25(24)29-34-36-37-35-29/h4-5,9-10,12-15,23H,2-3,6-8,11,16-20H2,1H3,(H,34,35,36,37)/t23-/m1/s1. The quantitative estimate of drug-likeness (QED) is 0.0511. The molecule has 0 bridgehead atoms. The van der Waals surface area contributed by atoms with E-state index < -0.39 is 35.0 Å². The minimum absolute atomic E-state index is 0.00659. The summed E-state index contributed by atoms with van der Waals surface area (Å²) in [6.07, 6.45) is 0.731. The fourth-order valence-corrected chi connectivity index (χ4v) is 5.24. The van der Waals surface area contributed by atoms with Gasteiger partial charge in [-0.1, -0.05) is 73.5 Å². The Balaban J connectivity index is 1.29. The number of rotatable bonds is 21. The number of carbonyl (C=O) groups excluding carboxylic acids is 2. The van der Waals surface area contributed by atoms with Crippen molar-refractivity contribution < 1.29 is 43.6 Å². The third kappa shape index (κ3) is 11.6. The van der Waals surface area contributed by atoms with Crippen LogP contribution in [0.1, 0.15) is 60.9 Å². The van der Waals surface area contributed by atoms with Crippen LogP contribution in [-0.4, -0.2) is 85.0 Å². The molecule has 0 aliphatic rings. The molecule has 19 nitrogen and oxygen atoms in total. The third-order valence-electron chi connectivity index (χ3n) is 7.35. The van der Waals surface area contributed by atoms with Crippen molar-refractivity contribution in [1.82, 2.24) is 30.2 Å². The van der Waals surface area contributed by atoms with E-state index >= 15 is 0 Å². The van der Waals surface area contributed by atoms with Gasteiger partial charge in [0.05, 0.1) is 6.61 Å². The highest BCUT2D eigenvalue weighted by Gasteiger charge is 2.24. The number of hydrogen-bond donors (Lipinski definition) is 1. The lowest BCUT2D eigenvalue weighted by atomic mass is 9.98. The van der Waals surface area contributed by atoms with Crippen molar-refractivity contribution in [2.75, 3.05) is 26.4 Å². The van der Waals surface area contributed by atoms with Crippen molar-refractivity contribution in [3.63, 3.8) is 0 Å². The van der Waals surface area contributed by atoms with Crippen molar-refractivity contribution in [2.45, 2.75) is 58.1 Å². The van der Waals surface area contributed by atoms with Crippen molar-refractivity contribution in [2.24, 2.45) is 0 Å². The summed E-state index contributed by atoms with van der Waals surface area (Å²) in [4.78, 5) is 58.9. The molecule has 4 rings (SSSR count). The van der Waals surface area contributed by atoms with Gasteiger partial charge in [0, 0.05) is 18.5 Å². The van der Waals surface area contributed by atoms with Gasteiger partial charge in [0.25, 0.3) is 10.2 Å². The van der Waals surface area contributed by atoms with E-state index in [-0.39, 0.29) is 49.9 Å². The Hall–Kier alpha value is -5.85. The van der Waals surface area contributed by atoms with Crippen LogP contribution in [0.2, 0.25) is 5.15 Å². The summed E-state index contributed by atoms with van der Waals surface area (Å²) in [6.45, 7) is 1.03. The van der Waals surface area contributed by atoms with Gasteiger partial charge in [-0.3, -0.25) is 0 Å². The van der Waals surface area contributed by atoms with Gasteiger partial charge in [0.2, 0.25) is 5.82 Å². The number of aromatic amines is 1. The van der Waals surface area contributed by atoms with Crippen molar-refractivity contribution in [3.8, 4) is 22.5 Å². The molecular formula is C31H35ClN8O11. The SMILES string of the molecule is CCCCc1nc(Cl)c(C(=O)OCCOC(=O)OCCCC[C@H](CO[N+](=O)[O-])O[N+](=O)[O-])n1Cc1ccc(-c2ccccc2-c2nn[nH]n2)cc1. The second-order valence-corrected chi connectivity index (χ2v) is 11.2. The molecule has 2 heterocycles. The van der Waals surface area contributed by atoms with Crippen LogP contribution in [0.25, 0.3) is 22.5 Å². The number of imidazole rings is 1. The van der Waals surface area contributed by atoms with E-state index in [0.717, 1.165) is 35.1 Å². The lowest BCUT2D eigenvalue weighted by molar-refractivity contribution is -0.790. The van der Waals surface area contributed by atoms with Crippen molar-refractivity contribution >= 4 is 23.7 Å². The minimum Gasteiger partial charge on any atom is -0.457 e. The van der Waals surface area contributed by atoms with E-state index in [1.807, 2.05) is 55.5 Å². The van der Waals surface area contributed by atoms with E-state index in [9.17, 15) is 29.8 Å². The lowest BCUT2D eigenvalue weighted by Crippen LogP contribution is -2.24. The number of aromatic nitrogens is 6. The maximum Gasteiger partial charge on any atom is 0.508 e. The number of H-pyrrole nitrogens is 1. The zero-order chi connectivity index (χ0) is 36.6. The fourth-order valence-electron chi connectivity index (χ4n) is 4.97. The number of benzene rings is 2. The molecule has 272 valence electrons. The number of tetrazole rings is 1. The predicted octanol–water partition coefficient (Wildman–Crippen LogP) is 5.04. The number of carbonyl (C=O) groups is 2. The molecule has 2 aromatic carbocycles. The summed E-state index contributed by atoms with van der Waals surface area (Å²) in [6, 6.07) is 15.5. The Labute approximate surface area is 295 Å². The van der Waals surface area contributed by atoms with E-state index in [1.165, 1.54) is 0 Å². The first-order chi connectivity index (χ1) is 24.7. The molecule has 0 fully saturated rings. The Morgan fingerprint density at radius 3 is 2.35 bits per heavy atom. The molecule has 4 aromatic rings. The molecule has 2 aromatic heterocycles. The summed E-state index contributed by atoms with van der Waals surface area (Å²) >= 11 is 6.45. The first kappa shape index (κ1) is 38.0. The molecule has 51 heavy (non-hydrogen) atoms. The van der Waals surface area contributed by atoms with Crippen LogP contribution in [-0.2, 0) is 36.9 Å². The normalized spacial score (nSPS) is 11.4. The Bertz CT molecular complexity index is 1750. The smallest absolute Gasteiger partial charge is 0.457 e. The van der Waals surface area contributed by atoms with Gasteiger partial charge in [-0.15, -0.1) is 30.4 Å². The van der Waals surface area contributed by atoms with Gasteiger partial charge < -0.3 is 28.5 Å². The molecule has 20 heteroatoms. The summed E-state index contributed by atoms with van der Waals surface area (Å²) in [5, 5.41) is 33.0. The second kappa shape index (κ2) is 19.4. The van der Waals surface area contributed by atoms with Crippen LogP contribution in [0.3, 0.4) is 0 Å². The third-order valence-corrected chi connectivity index (χ3v) is 7.61. The molecule has 0 amide bonds. The molecule has 0 unspecified atom stereocenters. The average molecular weight is 731 g/mol. The van der Waals surface area contributed by atoms with Gasteiger partial charge in [0.1, 0.15) is 31.7 Å². The summed E-state index contributed by atoms with van der Waals surface area (Å²) in [5.74, 6) is 0.357. The van der Waals surface area contributed by atoms with Crippen LogP contribution in [0.15, 0.2) is 48.5 Å². The topological polar surface area (TPSA) is 239 Å². The van der Waals surface area contributed by atoms with Crippen LogP contribution in [0.5, 0.6) is 0 Å². The molecule has 0 spiro atoms. The van der Waals surface area contributed by atoms with E-state index in [1.54, 1.807) is 4.57 Å². The molecule has 0 saturated carbocycles. The number of ether oxygens (including phenoxy) is 3. The van der Waals surface area contributed by atoms with Crippen LogP contribution in [0.4, 0.5) is 4.79 Å². The Morgan fingerprint density at radius 2 is 1.67 bits per heavy atom. The summed E-state index contributed by atoms with van der Waals surface area (Å²) < 4.78 is 17.0. The lowest BCUT2D eigenvalue weighted by Gasteiger charge is -2.14. The summed E-state index contributed by atoms with van der Waals surface area (Å²) in [5.41, 5.74) is 3.63. The number of aryl methyl sites for hydroxylation is 1. The largest absolute Gasteiger partial charge is 0.508 e. The second-order valence-electron chi connectivity index (χ2n) is 10.9. The molecule has 0 aliphatic carbocycles. The Kier molecular flexibility index (Phi) is 14.4. The maximum absolute atomic E-state index is 13.2. The monoisotopic (exact) mass is 730 g/mol. The van der Waals surface area contributed by atoms with Gasteiger partial charge >= 0.3 is 12.1 Å². The first-order valence-electron chi connectivity index (χ1n) is 15.9. The highest BCUT2D eigenvalue weighted by atomic mass is 35.5. The molecule has 1 atom stereocenters. The molecular weight excluding hydrogens is 696 g/mol. The maximum atomic E-state index is 13.2. The Morgan fingerprint density at radius 1 is 0.941 bits per heavy atom. The highest BCUT2D eigenvalue weighted by Crippen LogP contribution is 2.30. The highest BCUT2D eigenvalue weighted by molar-refractivity contribution is 6.32. The van der Waals surface area contributed by atoms with E-state index in [0.29, 0.717) is 24.6 Å². The predicted molar refractivity (Wildman–Crippen MR) is 176 cm³/mol. The van der Waals surface area contributed by atoms with E-state index in [4.69, 9.17) is 25.8 Å². The molecule has 0 radical (unpaired) electrons. The number of nitrogens with one attached hydrogen (secondary N) is 1. The van der Waals surface area contributed by atoms with Crippen LogP contribution in [0, 0.1) is 20.2 Å². The number of nitrogens with zero attached hydrogens (tertiary/aromatic N) is 7. The van der Waals surface area contributed by atoms with Crippen LogP contribution >= 0.6 is 11.6 Å². The van der Waals surface area contributed by atoms with Crippen LogP contribution < -0.4 is 0 Å².